The van der Waals surface area contributed by atoms with Crippen molar-refractivity contribution in [2.45, 2.75) is 6.92 Å². The monoisotopic (exact) mass is 341 g/mol. The fourth-order valence-electron chi connectivity index (χ4n) is 1.99. The minimum Gasteiger partial charge on any atom is -0.495 e. The van der Waals surface area contributed by atoms with Gasteiger partial charge in [-0.25, -0.2) is 0 Å². The lowest BCUT2D eigenvalue weighted by Gasteiger charge is -2.10. The Balaban J connectivity index is 2.17. The van der Waals surface area contributed by atoms with Gasteiger partial charge in [-0.1, -0.05) is 29.8 Å². The first kappa shape index (κ1) is 17.4. The Bertz CT molecular complexity index is 825. The summed E-state index contributed by atoms with van der Waals surface area (Å²) in [5.74, 6) is 0.0856. The molecular formula is C18H16ClN3O2. The van der Waals surface area contributed by atoms with Crippen LogP contribution in [0, 0.1) is 18.3 Å². The second-order valence-corrected chi connectivity index (χ2v) is 5.29. The van der Waals surface area contributed by atoms with Gasteiger partial charge in [0.05, 0.1) is 12.8 Å². The molecule has 0 aliphatic carbocycles. The van der Waals surface area contributed by atoms with Crippen molar-refractivity contribution in [3.8, 4) is 11.8 Å². The second kappa shape index (κ2) is 8.04. The van der Waals surface area contributed by atoms with Crippen molar-refractivity contribution in [2.24, 2.45) is 0 Å². The maximum absolute atomic E-state index is 12.3. The number of nitrogens with zero attached hydrogens (tertiary/aromatic N) is 1. The first-order valence-corrected chi connectivity index (χ1v) is 7.51. The largest absolute Gasteiger partial charge is 0.495 e. The molecule has 0 heterocycles. The molecule has 0 aromatic heterocycles. The highest BCUT2D eigenvalue weighted by Crippen LogP contribution is 2.24. The van der Waals surface area contributed by atoms with Crippen LogP contribution in [0.4, 0.5) is 11.4 Å². The molecule has 2 aromatic carbocycles. The van der Waals surface area contributed by atoms with Crippen LogP contribution in [-0.4, -0.2) is 13.0 Å². The normalized spacial score (nSPS) is 10.7. The van der Waals surface area contributed by atoms with E-state index in [4.69, 9.17) is 16.3 Å². The van der Waals surface area contributed by atoms with Crippen LogP contribution in [-0.2, 0) is 4.79 Å². The molecule has 5 nitrogen and oxygen atoms in total. The second-order valence-electron chi connectivity index (χ2n) is 4.88. The number of nitriles is 1. The summed E-state index contributed by atoms with van der Waals surface area (Å²) in [4.78, 5) is 12.3. The van der Waals surface area contributed by atoms with E-state index in [-0.39, 0.29) is 5.57 Å². The molecular weight excluding hydrogens is 326 g/mol. The number of anilines is 2. The van der Waals surface area contributed by atoms with Crippen molar-refractivity contribution in [1.82, 2.24) is 0 Å². The molecule has 0 aliphatic heterocycles. The molecule has 0 unspecified atom stereocenters. The number of ether oxygens (including phenoxy) is 1. The first-order valence-electron chi connectivity index (χ1n) is 7.13. The van der Waals surface area contributed by atoms with E-state index >= 15 is 0 Å². The van der Waals surface area contributed by atoms with E-state index in [1.54, 1.807) is 44.4 Å². The molecule has 6 heteroatoms. The summed E-state index contributed by atoms with van der Waals surface area (Å²) in [6, 6.07) is 14.3. The summed E-state index contributed by atoms with van der Waals surface area (Å²) in [7, 11) is 1.55. The maximum atomic E-state index is 12.3. The minimum atomic E-state index is -0.523. The number of benzene rings is 2. The van der Waals surface area contributed by atoms with Crippen molar-refractivity contribution >= 4 is 28.9 Å². The molecule has 122 valence electrons. The fraction of sp³-hybridized carbons (Fsp3) is 0.111. The van der Waals surface area contributed by atoms with E-state index in [0.29, 0.717) is 22.1 Å². The molecule has 1 amide bonds. The predicted octanol–water partition coefficient (Wildman–Crippen LogP) is 4.12. The molecule has 2 aromatic rings. The van der Waals surface area contributed by atoms with Gasteiger partial charge >= 0.3 is 0 Å². The molecule has 0 radical (unpaired) electrons. The average Bonchev–Trinajstić information content (AvgIpc) is 2.60. The summed E-state index contributed by atoms with van der Waals surface area (Å²) in [5, 5.41) is 15.4. The maximum Gasteiger partial charge on any atom is 0.267 e. The van der Waals surface area contributed by atoms with E-state index in [1.165, 1.54) is 6.20 Å². The molecule has 0 saturated heterocycles. The average molecular weight is 342 g/mol. The number of hydrogen-bond acceptors (Lipinski definition) is 4. The van der Waals surface area contributed by atoms with Gasteiger partial charge in [0.2, 0.25) is 0 Å². The van der Waals surface area contributed by atoms with E-state index in [0.717, 1.165) is 5.56 Å². The van der Waals surface area contributed by atoms with Gasteiger partial charge in [0.25, 0.3) is 5.91 Å². The molecule has 0 aliphatic rings. The van der Waals surface area contributed by atoms with Gasteiger partial charge in [0, 0.05) is 16.9 Å². The van der Waals surface area contributed by atoms with Crippen molar-refractivity contribution in [1.29, 1.82) is 5.26 Å². The molecule has 0 saturated carbocycles. The van der Waals surface area contributed by atoms with Gasteiger partial charge in [0.15, 0.2) is 0 Å². The number of para-hydroxylation sites is 2. The van der Waals surface area contributed by atoms with Crippen LogP contribution >= 0.6 is 11.6 Å². The molecule has 2 rings (SSSR count). The third-order valence-electron chi connectivity index (χ3n) is 3.36. The smallest absolute Gasteiger partial charge is 0.267 e. The zero-order chi connectivity index (χ0) is 17.5. The summed E-state index contributed by atoms with van der Waals surface area (Å²) < 4.78 is 5.21. The first-order chi connectivity index (χ1) is 11.6. The zero-order valence-corrected chi connectivity index (χ0v) is 14.0. The number of carbonyl (C=O) groups excluding carboxylic acids is 1. The van der Waals surface area contributed by atoms with Crippen LogP contribution in [0.25, 0.3) is 0 Å². The van der Waals surface area contributed by atoms with E-state index in [9.17, 15) is 10.1 Å². The lowest BCUT2D eigenvalue weighted by Crippen LogP contribution is -2.15. The molecule has 0 bridgehead atoms. The number of hydrogen-bond donors (Lipinski definition) is 2. The van der Waals surface area contributed by atoms with Crippen molar-refractivity contribution < 1.29 is 9.53 Å². The van der Waals surface area contributed by atoms with Gasteiger partial charge < -0.3 is 15.4 Å². The highest BCUT2D eigenvalue weighted by Gasteiger charge is 2.12. The SMILES string of the molecule is COc1ccccc1N/C=C(/C#N)C(=O)Nc1cccc(Cl)c1C. The standard InChI is InChI=1S/C18H16ClN3O2/c1-12-14(19)6-5-8-15(12)22-18(23)13(10-20)11-21-16-7-3-4-9-17(16)24-2/h3-9,11,21H,1-2H3,(H,22,23)/b13-11-. The molecule has 0 spiro atoms. The number of methoxy groups -OCH3 is 1. The van der Waals surface area contributed by atoms with Gasteiger partial charge in [0.1, 0.15) is 17.4 Å². The number of rotatable bonds is 5. The van der Waals surface area contributed by atoms with Crippen LogP contribution in [0.3, 0.4) is 0 Å². The predicted molar refractivity (Wildman–Crippen MR) is 95.1 cm³/mol. The third-order valence-corrected chi connectivity index (χ3v) is 3.77. The highest BCUT2D eigenvalue weighted by atomic mass is 35.5. The fourth-order valence-corrected chi connectivity index (χ4v) is 2.17. The Hall–Kier alpha value is -2.97. The number of nitrogens with one attached hydrogen (secondary N) is 2. The summed E-state index contributed by atoms with van der Waals surface area (Å²) >= 11 is 6.03. The Morgan fingerprint density at radius 3 is 2.62 bits per heavy atom. The van der Waals surface area contributed by atoms with Crippen molar-refractivity contribution in [2.75, 3.05) is 17.7 Å². The van der Waals surface area contributed by atoms with Gasteiger partial charge in [-0.05, 0) is 36.8 Å². The summed E-state index contributed by atoms with van der Waals surface area (Å²) in [6.45, 7) is 1.79. The van der Waals surface area contributed by atoms with Gasteiger partial charge in [-0.2, -0.15) is 5.26 Å². The van der Waals surface area contributed by atoms with Crippen LogP contribution in [0.1, 0.15) is 5.56 Å². The molecule has 24 heavy (non-hydrogen) atoms. The third kappa shape index (κ3) is 4.06. The quantitative estimate of drug-likeness (QED) is 0.634. The zero-order valence-electron chi connectivity index (χ0n) is 13.3. The topological polar surface area (TPSA) is 74.1 Å². The molecule has 2 N–H and O–H groups in total. The van der Waals surface area contributed by atoms with Crippen molar-refractivity contribution in [3.05, 3.63) is 64.8 Å². The van der Waals surface area contributed by atoms with Gasteiger partial charge in [-0.15, -0.1) is 0 Å². The van der Waals surface area contributed by atoms with Crippen LogP contribution in [0.2, 0.25) is 5.02 Å². The highest BCUT2D eigenvalue weighted by molar-refractivity contribution is 6.31. The van der Waals surface area contributed by atoms with E-state index in [1.807, 2.05) is 18.2 Å². The van der Waals surface area contributed by atoms with Crippen LogP contribution in [0.15, 0.2) is 54.2 Å². The van der Waals surface area contributed by atoms with Crippen molar-refractivity contribution in [3.63, 3.8) is 0 Å². The number of amides is 1. The Morgan fingerprint density at radius 2 is 1.92 bits per heavy atom. The number of carbonyl (C=O) groups is 1. The van der Waals surface area contributed by atoms with E-state index < -0.39 is 5.91 Å². The van der Waals surface area contributed by atoms with E-state index in [2.05, 4.69) is 10.6 Å². The number of halogens is 1. The summed E-state index contributed by atoms with van der Waals surface area (Å²) in [5.41, 5.74) is 1.88. The van der Waals surface area contributed by atoms with Crippen LogP contribution in [0.5, 0.6) is 5.75 Å². The molecule has 0 fully saturated rings. The summed E-state index contributed by atoms with van der Waals surface area (Å²) in [6.07, 6.45) is 1.34. The molecule has 0 atom stereocenters. The minimum absolute atomic E-state index is 0.0692. The Kier molecular flexibility index (Phi) is 5.83. The van der Waals surface area contributed by atoms with Gasteiger partial charge in [-0.3, -0.25) is 4.79 Å². The lowest BCUT2D eigenvalue weighted by atomic mass is 10.2. The Labute approximate surface area is 145 Å². The lowest BCUT2D eigenvalue weighted by molar-refractivity contribution is -0.112. The van der Waals surface area contributed by atoms with Crippen LogP contribution < -0.4 is 15.4 Å². The Morgan fingerprint density at radius 1 is 1.21 bits per heavy atom.